The van der Waals surface area contributed by atoms with E-state index in [1.54, 1.807) is 43.3 Å². The Morgan fingerprint density at radius 2 is 1.71 bits per heavy atom. The quantitative estimate of drug-likeness (QED) is 0.525. The van der Waals surface area contributed by atoms with Crippen LogP contribution in [0.25, 0.3) is 0 Å². The van der Waals surface area contributed by atoms with Crippen molar-refractivity contribution in [3.05, 3.63) is 64.2 Å². The molecule has 0 aliphatic carbocycles. The summed E-state index contributed by atoms with van der Waals surface area (Å²) in [5.74, 6) is -0.814. The van der Waals surface area contributed by atoms with Crippen LogP contribution in [0.4, 0.5) is 5.69 Å². The molecule has 0 unspecified atom stereocenters. The summed E-state index contributed by atoms with van der Waals surface area (Å²) in [5, 5.41) is 3.36. The maximum absolute atomic E-state index is 13.6. The van der Waals surface area contributed by atoms with Crippen LogP contribution in [0.2, 0.25) is 5.02 Å². The average Bonchev–Trinajstić information content (AvgIpc) is 2.77. The largest absolute Gasteiger partial charge is 0.352 e. The molecular weight excluding hydrogens is 474 g/mol. The van der Waals surface area contributed by atoms with Gasteiger partial charge in [-0.15, -0.1) is 0 Å². The molecule has 0 fully saturated rings. The minimum absolute atomic E-state index is 0.0605. The van der Waals surface area contributed by atoms with E-state index in [4.69, 9.17) is 11.6 Å². The average molecular weight is 508 g/mol. The number of hydrogen-bond acceptors (Lipinski definition) is 4. The Labute approximate surface area is 208 Å². The van der Waals surface area contributed by atoms with Crippen molar-refractivity contribution in [1.82, 2.24) is 10.2 Å². The number of halogens is 1. The standard InChI is InChI=1S/C25H34ClN3O4S/c1-7-18(3)27-25(31)20(5)28(15-21-12-8-9-13-22(21)26)24(30)16-29(34(6,32)33)23-14-10-11-17(2)19(23)4/h8-14,18,20H,7,15-16H2,1-6H3,(H,27,31)/t18-,20+/m1/s1. The first kappa shape index (κ1) is 27.7. The number of benzene rings is 2. The third-order valence-electron chi connectivity index (χ3n) is 5.99. The Hall–Kier alpha value is -2.58. The summed E-state index contributed by atoms with van der Waals surface area (Å²) in [7, 11) is -3.78. The Morgan fingerprint density at radius 3 is 2.29 bits per heavy atom. The third-order valence-corrected chi connectivity index (χ3v) is 7.49. The third kappa shape index (κ3) is 6.96. The van der Waals surface area contributed by atoms with Crippen molar-refractivity contribution >= 4 is 39.1 Å². The van der Waals surface area contributed by atoms with Gasteiger partial charge in [-0.3, -0.25) is 13.9 Å². The number of amides is 2. The summed E-state index contributed by atoms with van der Waals surface area (Å²) in [6, 6.07) is 11.5. The molecule has 186 valence electrons. The molecule has 0 aromatic heterocycles. The van der Waals surface area contributed by atoms with Crippen LogP contribution < -0.4 is 9.62 Å². The first-order valence-corrected chi connectivity index (χ1v) is 13.5. The van der Waals surface area contributed by atoms with Crippen molar-refractivity contribution in [2.24, 2.45) is 0 Å². The topological polar surface area (TPSA) is 86.8 Å². The fourth-order valence-electron chi connectivity index (χ4n) is 3.46. The number of carbonyl (C=O) groups excluding carboxylic acids is 2. The molecule has 0 radical (unpaired) electrons. The number of aryl methyl sites for hydroxylation is 1. The molecule has 2 rings (SSSR count). The Kier molecular flexibility index (Phi) is 9.53. The molecule has 2 atom stereocenters. The molecule has 0 saturated heterocycles. The number of rotatable bonds is 10. The number of nitrogens with one attached hydrogen (secondary N) is 1. The highest BCUT2D eigenvalue weighted by molar-refractivity contribution is 7.92. The van der Waals surface area contributed by atoms with Crippen LogP contribution in [0.3, 0.4) is 0 Å². The highest BCUT2D eigenvalue weighted by Crippen LogP contribution is 2.26. The zero-order valence-corrected chi connectivity index (χ0v) is 22.2. The molecule has 0 saturated carbocycles. The van der Waals surface area contributed by atoms with Crippen LogP contribution in [-0.4, -0.2) is 50.0 Å². The number of nitrogens with zero attached hydrogens (tertiary/aromatic N) is 2. The zero-order chi connectivity index (χ0) is 25.6. The minimum atomic E-state index is -3.78. The van der Waals surface area contributed by atoms with Gasteiger partial charge in [-0.25, -0.2) is 8.42 Å². The number of hydrogen-bond donors (Lipinski definition) is 1. The second-order valence-electron chi connectivity index (χ2n) is 8.60. The van der Waals surface area contributed by atoms with Gasteiger partial charge in [0.25, 0.3) is 0 Å². The minimum Gasteiger partial charge on any atom is -0.352 e. The van der Waals surface area contributed by atoms with Crippen LogP contribution in [0, 0.1) is 13.8 Å². The van der Waals surface area contributed by atoms with Crippen LogP contribution in [0.15, 0.2) is 42.5 Å². The predicted molar refractivity (Wildman–Crippen MR) is 137 cm³/mol. The lowest BCUT2D eigenvalue weighted by atomic mass is 10.1. The Morgan fingerprint density at radius 1 is 1.06 bits per heavy atom. The molecule has 0 aliphatic heterocycles. The van der Waals surface area contributed by atoms with E-state index in [0.29, 0.717) is 16.3 Å². The van der Waals surface area contributed by atoms with Gasteiger partial charge in [0.2, 0.25) is 21.8 Å². The van der Waals surface area contributed by atoms with E-state index >= 15 is 0 Å². The van der Waals surface area contributed by atoms with E-state index < -0.39 is 28.5 Å². The van der Waals surface area contributed by atoms with Crippen molar-refractivity contribution in [3.8, 4) is 0 Å². The van der Waals surface area contributed by atoms with Gasteiger partial charge in [-0.05, 0) is 62.9 Å². The smallest absolute Gasteiger partial charge is 0.244 e. The monoisotopic (exact) mass is 507 g/mol. The maximum atomic E-state index is 13.6. The fraction of sp³-hybridized carbons (Fsp3) is 0.440. The van der Waals surface area contributed by atoms with Gasteiger partial charge in [-0.2, -0.15) is 0 Å². The lowest BCUT2D eigenvalue weighted by Gasteiger charge is -2.32. The maximum Gasteiger partial charge on any atom is 0.244 e. The second kappa shape index (κ2) is 11.7. The first-order valence-electron chi connectivity index (χ1n) is 11.2. The molecule has 9 heteroatoms. The molecule has 0 aliphatic rings. The summed E-state index contributed by atoms with van der Waals surface area (Å²) in [6.07, 6.45) is 1.81. The van der Waals surface area contributed by atoms with Crippen molar-refractivity contribution in [2.45, 2.75) is 59.7 Å². The number of sulfonamides is 1. The summed E-state index contributed by atoms with van der Waals surface area (Å²) >= 11 is 6.33. The van der Waals surface area contributed by atoms with Gasteiger partial charge in [0.1, 0.15) is 12.6 Å². The van der Waals surface area contributed by atoms with Gasteiger partial charge in [-0.1, -0.05) is 48.9 Å². The zero-order valence-electron chi connectivity index (χ0n) is 20.6. The van der Waals surface area contributed by atoms with Crippen molar-refractivity contribution in [3.63, 3.8) is 0 Å². The predicted octanol–water partition coefficient (Wildman–Crippen LogP) is 4.05. The van der Waals surface area contributed by atoms with Gasteiger partial charge in [0, 0.05) is 17.6 Å². The molecule has 0 bridgehead atoms. The Bertz CT molecular complexity index is 1140. The van der Waals surface area contributed by atoms with Crippen LogP contribution in [0.1, 0.15) is 43.9 Å². The second-order valence-corrected chi connectivity index (χ2v) is 10.9. The van der Waals surface area contributed by atoms with Crippen molar-refractivity contribution in [1.29, 1.82) is 0 Å². The fourth-order valence-corrected chi connectivity index (χ4v) is 4.55. The van der Waals surface area contributed by atoms with Crippen molar-refractivity contribution < 1.29 is 18.0 Å². The molecule has 2 aromatic carbocycles. The van der Waals surface area contributed by atoms with Gasteiger partial charge in [0.15, 0.2) is 0 Å². The summed E-state index contributed by atoms with van der Waals surface area (Å²) < 4.78 is 26.5. The lowest BCUT2D eigenvalue weighted by molar-refractivity contribution is -0.139. The van der Waals surface area contributed by atoms with Crippen molar-refractivity contribution in [2.75, 3.05) is 17.1 Å². The Balaban J connectivity index is 2.45. The molecule has 0 heterocycles. The highest BCUT2D eigenvalue weighted by atomic mass is 35.5. The van der Waals surface area contributed by atoms with E-state index in [1.807, 2.05) is 33.8 Å². The van der Waals surface area contributed by atoms with Crippen LogP contribution in [-0.2, 0) is 26.2 Å². The van der Waals surface area contributed by atoms with E-state index in [1.165, 1.54) is 4.90 Å². The van der Waals surface area contributed by atoms with Gasteiger partial charge in [0.05, 0.1) is 11.9 Å². The number of anilines is 1. The summed E-state index contributed by atoms with van der Waals surface area (Å²) in [6.45, 7) is 8.80. The normalized spacial score (nSPS) is 13.1. The van der Waals surface area contributed by atoms with Crippen LogP contribution >= 0.6 is 11.6 Å². The van der Waals surface area contributed by atoms with E-state index in [2.05, 4.69) is 5.32 Å². The molecule has 2 amide bonds. The van der Waals surface area contributed by atoms with E-state index in [-0.39, 0.29) is 18.5 Å². The number of carbonyl (C=O) groups is 2. The summed E-state index contributed by atoms with van der Waals surface area (Å²) in [4.78, 5) is 27.9. The molecule has 1 N–H and O–H groups in total. The SMILES string of the molecule is CC[C@@H](C)NC(=O)[C@H](C)N(Cc1ccccc1Cl)C(=O)CN(c1cccc(C)c1C)S(C)(=O)=O. The van der Waals surface area contributed by atoms with Gasteiger partial charge < -0.3 is 10.2 Å². The molecule has 2 aromatic rings. The van der Waals surface area contributed by atoms with E-state index in [9.17, 15) is 18.0 Å². The lowest BCUT2D eigenvalue weighted by Crippen LogP contribution is -2.52. The molecular formula is C25H34ClN3O4S. The first-order chi connectivity index (χ1) is 15.9. The van der Waals surface area contributed by atoms with Crippen LogP contribution in [0.5, 0.6) is 0 Å². The van der Waals surface area contributed by atoms with Gasteiger partial charge >= 0.3 is 0 Å². The highest BCUT2D eigenvalue weighted by Gasteiger charge is 2.31. The molecule has 7 nitrogen and oxygen atoms in total. The molecule has 0 spiro atoms. The molecule has 34 heavy (non-hydrogen) atoms. The van der Waals surface area contributed by atoms with E-state index in [0.717, 1.165) is 28.1 Å². The summed E-state index contributed by atoms with van der Waals surface area (Å²) in [5.41, 5.74) is 2.78.